The fourth-order valence-electron chi connectivity index (χ4n) is 1.39. The molecule has 1 aromatic carbocycles. The zero-order valence-corrected chi connectivity index (χ0v) is 8.97. The molecule has 3 heteroatoms. The summed E-state index contributed by atoms with van der Waals surface area (Å²) in [5.41, 5.74) is 1.60. The van der Waals surface area contributed by atoms with E-state index in [1.165, 1.54) is 0 Å². The molecule has 0 aliphatic rings. The van der Waals surface area contributed by atoms with E-state index in [9.17, 15) is 4.79 Å². The molecule has 16 heavy (non-hydrogen) atoms. The van der Waals surface area contributed by atoms with Crippen molar-refractivity contribution >= 4 is 5.97 Å². The monoisotopic (exact) mass is 216 g/mol. The van der Waals surface area contributed by atoms with Crippen molar-refractivity contribution in [1.29, 1.82) is 0 Å². The maximum Gasteiger partial charge on any atom is 0.338 e. The molecule has 2 rings (SSSR count). The van der Waals surface area contributed by atoms with E-state index in [-0.39, 0.29) is 12.6 Å². The van der Waals surface area contributed by atoms with Gasteiger partial charge in [0.05, 0.1) is 11.8 Å². The summed E-state index contributed by atoms with van der Waals surface area (Å²) in [5.74, 6) is 0.307. The van der Waals surface area contributed by atoms with E-state index in [0.717, 1.165) is 5.56 Å². The van der Waals surface area contributed by atoms with Crippen molar-refractivity contribution < 1.29 is 13.9 Å². The van der Waals surface area contributed by atoms with Crippen LogP contribution in [0.25, 0.3) is 0 Å². The van der Waals surface area contributed by atoms with E-state index in [0.29, 0.717) is 11.3 Å². The summed E-state index contributed by atoms with van der Waals surface area (Å²) < 4.78 is 10.2. The predicted molar refractivity (Wildman–Crippen MR) is 59.0 cm³/mol. The first-order valence-electron chi connectivity index (χ1n) is 5.02. The van der Waals surface area contributed by atoms with Crippen LogP contribution in [0.5, 0.6) is 0 Å². The fourth-order valence-corrected chi connectivity index (χ4v) is 1.39. The molecule has 82 valence electrons. The van der Waals surface area contributed by atoms with Crippen LogP contribution in [0.15, 0.2) is 47.1 Å². The quantitative estimate of drug-likeness (QED) is 0.740. The van der Waals surface area contributed by atoms with Crippen molar-refractivity contribution in [3.8, 4) is 0 Å². The van der Waals surface area contributed by atoms with Crippen LogP contribution in [0, 0.1) is 6.92 Å². The summed E-state index contributed by atoms with van der Waals surface area (Å²) in [6.45, 7) is 2.10. The summed E-state index contributed by atoms with van der Waals surface area (Å²) in [5, 5.41) is 0. The van der Waals surface area contributed by atoms with Gasteiger partial charge in [-0.05, 0) is 31.2 Å². The Balaban J connectivity index is 1.98. The van der Waals surface area contributed by atoms with Gasteiger partial charge in [0, 0.05) is 0 Å². The van der Waals surface area contributed by atoms with Crippen molar-refractivity contribution in [3.05, 3.63) is 59.5 Å². The van der Waals surface area contributed by atoms with E-state index >= 15 is 0 Å². The molecule has 1 heterocycles. The van der Waals surface area contributed by atoms with Crippen LogP contribution in [0.3, 0.4) is 0 Å². The SMILES string of the molecule is Cc1cccc(C(=O)OCc2ccco2)c1. The normalized spacial score (nSPS) is 10.1. The first-order chi connectivity index (χ1) is 7.75. The Morgan fingerprint density at radius 1 is 1.31 bits per heavy atom. The van der Waals surface area contributed by atoms with Gasteiger partial charge in [0.1, 0.15) is 12.4 Å². The molecule has 0 fully saturated rings. The van der Waals surface area contributed by atoms with Crippen LogP contribution < -0.4 is 0 Å². The minimum atomic E-state index is -0.333. The number of furan rings is 1. The summed E-state index contributed by atoms with van der Waals surface area (Å²) in [6.07, 6.45) is 1.55. The smallest absolute Gasteiger partial charge is 0.338 e. The lowest BCUT2D eigenvalue weighted by molar-refractivity contribution is 0.0445. The first kappa shape index (κ1) is 10.5. The van der Waals surface area contributed by atoms with E-state index in [1.54, 1.807) is 30.5 Å². The number of rotatable bonds is 3. The molecule has 0 saturated heterocycles. The van der Waals surface area contributed by atoms with Crippen LogP contribution in [0.2, 0.25) is 0 Å². The molecular weight excluding hydrogens is 204 g/mol. The second-order valence-corrected chi connectivity index (χ2v) is 3.52. The zero-order valence-electron chi connectivity index (χ0n) is 8.97. The maximum atomic E-state index is 11.6. The number of benzene rings is 1. The van der Waals surface area contributed by atoms with Gasteiger partial charge in [0.25, 0.3) is 0 Å². The summed E-state index contributed by atoms with van der Waals surface area (Å²) in [6, 6.07) is 10.8. The highest BCUT2D eigenvalue weighted by molar-refractivity contribution is 5.89. The molecule has 0 amide bonds. The molecule has 0 N–H and O–H groups in total. The third-order valence-corrected chi connectivity index (χ3v) is 2.18. The van der Waals surface area contributed by atoms with Crippen LogP contribution in [0.4, 0.5) is 0 Å². The minimum absolute atomic E-state index is 0.166. The summed E-state index contributed by atoms with van der Waals surface area (Å²) in [4.78, 5) is 11.6. The lowest BCUT2D eigenvalue weighted by atomic mass is 10.1. The van der Waals surface area contributed by atoms with Crippen molar-refractivity contribution in [2.24, 2.45) is 0 Å². The molecule has 0 bridgehead atoms. The van der Waals surface area contributed by atoms with Gasteiger partial charge in [0.15, 0.2) is 0 Å². The summed E-state index contributed by atoms with van der Waals surface area (Å²) >= 11 is 0. The molecule has 0 atom stereocenters. The van der Waals surface area contributed by atoms with E-state index in [4.69, 9.17) is 9.15 Å². The average molecular weight is 216 g/mol. The molecule has 0 unspecified atom stereocenters. The molecule has 0 spiro atoms. The highest BCUT2D eigenvalue weighted by Crippen LogP contribution is 2.08. The molecule has 3 nitrogen and oxygen atoms in total. The van der Waals surface area contributed by atoms with Gasteiger partial charge in [-0.2, -0.15) is 0 Å². The fraction of sp³-hybridized carbons (Fsp3) is 0.154. The van der Waals surface area contributed by atoms with Gasteiger partial charge in [-0.15, -0.1) is 0 Å². The van der Waals surface area contributed by atoms with Gasteiger partial charge >= 0.3 is 5.97 Å². The van der Waals surface area contributed by atoms with Gasteiger partial charge in [-0.25, -0.2) is 4.79 Å². The topological polar surface area (TPSA) is 39.4 Å². The lowest BCUT2D eigenvalue weighted by Gasteiger charge is -2.03. The highest BCUT2D eigenvalue weighted by Gasteiger charge is 2.07. The third-order valence-electron chi connectivity index (χ3n) is 2.18. The molecule has 0 aliphatic carbocycles. The van der Waals surface area contributed by atoms with Crippen molar-refractivity contribution in [2.45, 2.75) is 13.5 Å². The number of carbonyl (C=O) groups excluding carboxylic acids is 1. The average Bonchev–Trinajstić information content (AvgIpc) is 2.78. The Morgan fingerprint density at radius 2 is 2.19 bits per heavy atom. The van der Waals surface area contributed by atoms with Crippen LogP contribution in [-0.2, 0) is 11.3 Å². The van der Waals surface area contributed by atoms with E-state index < -0.39 is 0 Å². The molecular formula is C13H12O3. The number of ether oxygens (including phenoxy) is 1. The maximum absolute atomic E-state index is 11.6. The number of hydrogen-bond acceptors (Lipinski definition) is 3. The zero-order chi connectivity index (χ0) is 11.4. The lowest BCUT2D eigenvalue weighted by Crippen LogP contribution is -2.04. The van der Waals surface area contributed by atoms with Crippen LogP contribution in [0.1, 0.15) is 21.7 Å². The molecule has 0 aliphatic heterocycles. The molecule has 0 saturated carbocycles. The Labute approximate surface area is 93.7 Å². The Kier molecular flexibility index (Phi) is 3.05. The molecule has 2 aromatic rings. The summed E-state index contributed by atoms with van der Waals surface area (Å²) in [7, 11) is 0. The molecule has 0 radical (unpaired) electrons. The van der Waals surface area contributed by atoms with E-state index in [1.807, 2.05) is 19.1 Å². The highest BCUT2D eigenvalue weighted by atomic mass is 16.5. The van der Waals surface area contributed by atoms with E-state index in [2.05, 4.69) is 0 Å². The Hall–Kier alpha value is -2.03. The minimum Gasteiger partial charge on any atom is -0.466 e. The molecule has 1 aromatic heterocycles. The van der Waals surface area contributed by atoms with Gasteiger partial charge in [-0.3, -0.25) is 0 Å². The van der Waals surface area contributed by atoms with Crippen molar-refractivity contribution in [2.75, 3.05) is 0 Å². The Morgan fingerprint density at radius 3 is 2.88 bits per heavy atom. The number of esters is 1. The Bertz CT molecular complexity index is 472. The standard InChI is InChI=1S/C13H12O3/c1-10-4-2-5-11(8-10)13(14)16-9-12-6-3-7-15-12/h2-8H,9H2,1H3. The number of aryl methyl sites for hydroxylation is 1. The van der Waals surface area contributed by atoms with Crippen molar-refractivity contribution in [1.82, 2.24) is 0 Å². The predicted octanol–water partition coefficient (Wildman–Crippen LogP) is 2.95. The van der Waals surface area contributed by atoms with Gasteiger partial charge < -0.3 is 9.15 Å². The number of carbonyl (C=O) groups is 1. The second-order valence-electron chi connectivity index (χ2n) is 3.52. The first-order valence-corrected chi connectivity index (χ1v) is 5.02. The van der Waals surface area contributed by atoms with Crippen LogP contribution >= 0.6 is 0 Å². The van der Waals surface area contributed by atoms with Crippen molar-refractivity contribution in [3.63, 3.8) is 0 Å². The second kappa shape index (κ2) is 4.66. The van der Waals surface area contributed by atoms with Gasteiger partial charge in [-0.1, -0.05) is 17.7 Å². The largest absolute Gasteiger partial charge is 0.466 e. The van der Waals surface area contributed by atoms with Gasteiger partial charge in [0.2, 0.25) is 0 Å². The third kappa shape index (κ3) is 2.51. The van der Waals surface area contributed by atoms with Crippen LogP contribution in [-0.4, -0.2) is 5.97 Å². The number of hydrogen-bond donors (Lipinski definition) is 0.